The monoisotopic (exact) mass is 331 g/mol. The summed E-state index contributed by atoms with van der Waals surface area (Å²) in [5.41, 5.74) is 1.40. The van der Waals surface area contributed by atoms with E-state index in [1.807, 2.05) is 6.07 Å². The minimum absolute atomic E-state index is 0.0515. The number of benzene rings is 1. The van der Waals surface area contributed by atoms with Crippen molar-refractivity contribution < 1.29 is 13.9 Å². The van der Waals surface area contributed by atoms with E-state index in [-0.39, 0.29) is 17.2 Å². The summed E-state index contributed by atoms with van der Waals surface area (Å²) in [5, 5.41) is 3.60. The second kappa shape index (κ2) is 6.93. The van der Waals surface area contributed by atoms with Crippen LogP contribution in [0.1, 0.15) is 60.4 Å². The SMILES string of the molecule is O=C(CC1CCOCC1)c1cc(C2CC2NCC2CC2)ccc1F. The van der Waals surface area contributed by atoms with Gasteiger partial charge in [-0.05, 0) is 68.2 Å². The third-order valence-electron chi connectivity index (χ3n) is 5.69. The van der Waals surface area contributed by atoms with E-state index >= 15 is 0 Å². The molecule has 3 fully saturated rings. The summed E-state index contributed by atoms with van der Waals surface area (Å²) in [6, 6.07) is 5.64. The molecule has 4 rings (SSSR count). The minimum Gasteiger partial charge on any atom is -0.381 e. The lowest BCUT2D eigenvalue weighted by Gasteiger charge is -2.21. The number of carbonyl (C=O) groups excluding carboxylic acids is 1. The van der Waals surface area contributed by atoms with E-state index in [0.29, 0.717) is 24.3 Å². The Kier molecular flexibility index (Phi) is 4.68. The number of hydrogen-bond acceptors (Lipinski definition) is 3. The Morgan fingerprint density at radius 1 is 1.17 bits per heavy atom. The zero-order chi connectivity index (χ0) is 16.5. The maximum atomic E-state index is 14.2. The summed E-state index contributed by atoms with van der Waals surface area (Å²) < 4.78 is 19.5. The van der Waals surface area contributed by atoms with Crippen LogP contribution in [0, 0.1) is 17.7 Å². The van der Waals surface area contributed by atoms with Gasteiger partial charge in [0.2, 0.25) is 0 Å². The molecular weight excluding hydrogens is 305 g/mol. The molecule has 1 N–H and O–H groups in total. The van der Waals surface area contributed by atoms with Gasteiger partial charge in [0.15, 0.2) is 5.78 Å². The molecule has 1 saturated heterocycles. The number of ketones is 1. The highest BCUT2D eigenvalue weighted by Gasteiger charge is 2.39. The molecule has 1 aliphatic heterocycles. The predicted octanol–water partition coefficient (Wildman–Crippen LogP) is 3.68. The number of ether oxygens (including phenoxy) is 1. The van der Waals surface area contributed by atoms with Gasteiger partial charge in [-0.1, -0.05) is 6.07 Å². The molecule has 2 aliphatic carbocycles. The molecule has 24 heavy (non-hydrogen) atoms. The van der Waals surface area contributed by atoms with Crippen LogP contribution in [-0.4, -0.2) is 31.6 Å². The normalized spacial score (nSPS) is 27.2. The van der Waals surface area contributed by atoms with Crippen molar-refractivity contribution in [3.63, 3.8) is 0 Å². The molecule has 2 atom stereocenters. The highest BCUT2D eigenvalue weighted by atomic mass is 19.1. The van der Waals surface area contributed by atoms with E-state index in [1.165, 1.54) is 18.9 Å². The van der Waals surface area contributed by atoms with Crippen molar-refractivity contribution in [2.75, 3.05) is 19.8 Å². The average Bonchev–Trinajstić information content (AvgIpc) is 3.49. The first-order chi connectivity index (χ1) is 11.7. The van der Waals surface area contributed by atoms with Gasteiger partial charge in [-0.3, -0.25) is 4.79 Å². The molecule has 3 nitrogen and oxygen atoms in total. The van der Waals surface area contributed by atoms with Crippen LogP contribution in [0.4, 0.5) is 4.39 Å². The Hall–Kier alpha value is -1.26. The number of carbonyl (C=O) groups is 1. The van der Waals surface area contributed by atoms with E-state index in [4.69, 9.17) is 4.74 Å². The molecule has 2 unspecified atom stereocenters. The van der Waals surface area contributed by atoms with Gasteiger partial charge in [0.25, 0.3) is 0 Å². The Morgan fingerprint density at radius 2 is 1.96 bits per heavy atom. The lowest BCUT2D eigenvalue weighted by Crippen LogP contribution is -2.20. The largest absolute Gasteiger partial charge is 0.381 e. The molecule has 1 aromatic rings. The van der Waals surface area contributed by atoms with E-state index in [0.717, 1.165) is 50.5 Å². The van der Waals surface area contributed by atoms with E-state index in [2.05, 4.69) is 5.32 Å². The molecule has 0 spiro atoms. The van der Waals surface area contributed by atoms with Crippen molar-refractivity contribution in [3.05, 3.63) is 35.1 Å². The van der Waals surface area contributed by atoms with Crippen molar-refractivity contribution in [1.82, 2.24) is 5.32 Å². The minimum atomic E-state index is -0.376. The Balaban J connectivity index is 1.38. The lowest BCUT2D eigenvalue weighted by atomic mass is 9.91. The first-order valence-corrected chi connectivity index (χ1v) is 9.34. The van der Waals surface area contributed by atoms with Crippen molar-refractivity contribution in [2.24, 2.45) is 11.8 Å². The van der Waals surface area contributed by atoms with Gasteiger partial charge in [0, 0.05) is 31.6 Å². The van der Waals surface area contributed by atoms with E-state index in [9.17, 15) is 9.18 Å². The molecule has 0 aromatic heterocycles. The molecule has 0 bridgehead atoms. The summed E-state index contributed by atoms with van der Waals surface area (Å²) in [4.78, 5) is 12.5. The second-order valence-electron chi connectivity index (χ2n) is 7.72. The average molecular weight is 331 g/mol. The third kappa shape index (κ3) is 3.86. The van der Waals surface area contributed by atoms with Crippen LogP contribution in [0.15, 0.2) is 18.2 Å². The van der Waals surface area contributed by atoms with Gasteiger partial charge in [0.1, 0.15) is 5.82 Å². The molecule has 2 saturated carbocycles. The van der Waals surface area contributed by atoms with Gasteiger partial charge in [-0.15, -0.1) is 0 Å². The Labute approximate surface area is 143 Å². The summed E-state index contributed by atoms with van der Waals surface area (Å²) in [7, 11) is 0. The van der Waals surface area contributed by atoms with Gasteiger partial charge < -0.3 is 10.1 Å². The van der Waals surface area contributed by atoms with Crippen LogP contribution in [0.2, 0.25) is 0 Å². The van der Waals surface area contributed by atoms with Crippen LogP contribution in [0.5, 0.6) is 0 Å². The van der Waals surface area contributed by atoms with E-state index < -0.39 is 0 Å². The van der Waals surface area contributed by atoms with Crippen LogP contribution in [0.3, 0.4) is 0 Å². The molecule has 130 valence electrons. The quantitative estimate of drug-likeness (QED) is 0.775. The number of nitrogens with one attached hydrogen (secondary N) is 1. The maximum absolute atomic E-state index is 14.2. The summed E-state index contributed by atoms with van der Waals surface area (Å²) in [6.45, 7) is 2.55. The van der Waals surface area contributed by atoms with Crippen molar-refractivity contribution in [1.29, 1.82) is 0 Å². The highest BCUT2D eigenvalue weighted by Crippen LogP contribution is 2.42. The van der Waals surface area contributed by atoms with Gasteiger partial charge >= 0.3 is 0 Å². The van der Waals surface area contributed by atoms with Crippen LogP contribution < -0.4 is 5.32 Å². The molecule has 3 aliphatic rings. The first-order valence-electron chi connectivity index (χ1n) is 9.34. The summed E-state index contributed by atoms with van der Waals surface area (Å²) >= 11 is 0. The number of halogens is 1. The predicted molar refractivity (Wildman–Crippen MR) is 90.8 cm³/mol. The second-order valence-corrected chi connectivity index (χ2v) is 7.72. The molecule has 0 radical (unpaired) electrons. The molecule has 1 heterocycles. The van der Waals surface area contributed by atoms with Crippen molar-refractivity contribution >= 4 is 5.78 Å². The first kappa shape index (κ1) is 16.2. The summed E-state index contributed by atoms with van der Waals surface area (Å²) in [6.07, 6.45) is 6.06. The zero-order valence-electron chi connectivity index (χ0n) is 14.1. The van der Waals surface area contributed by atoms with Crippen molar-refractivity contribution in [3.8, 4) is 0 Å². The molecule has 4 heteroatoms. The Bertz CT molecular complexity index is 608. The van der Waals surface area contributed by atoms with Crippen LogP contribution in [0.25, 0.3) is 0 Å². The summed E-state index contributed by atoms with van der Waals surface area (Å²) in [5.74, 6) is 1.22. The smallest absolute Gasteiger partial charge is 0.166 e. The fourth-order valence-corrected chi connectivity index (χ4v) is 3.74. The fourth-order valence-electron chi connectivity index (χ4n) is 3.74. The molecule has 1 aromatic carbocycles. The van der Waals surface area contributed by atoms with Gasteiger partial charge in [-0.2, -0.15) is 0 Å². The Morgan fingerprint density at radius 3 is 2.71 bits per heavy atom. The van der Waals surface area contributed by atoms with Gasteiger partial charge in [-0.25, -0.2) is 4.39 Å². The lowest BCUT2D eigenvalue weighted by molar-refractivity contribution is 0.0600. The number of Topliss-reactive ketones (excluding diaryl/α,β-unsaturated/α-hetero) is 1. The van der Waals surface area contributed by atoms with E-state index in [1.54, 1.807) is 6.07 Å². The zero-order valence-corrected chi connectivity index (χ0v) is 14.1. The number of hydrogen-bond donors (Lipinski definition) is 1. The standard InChI is InChI=1S/C20H26FNO2/c21-18-4-3-15(16-11-19(16)22-12-14-1-2-14)10-17(18)20(23)9-13-5-7-24-8-6-13/h3-4,10,13-14,16,19,22H,1-2,5-9,11-12H2. The van der Waals surface area contributed by atoms with Gasteiger partial charge in [0.05, 0.1) is 5.56 Å². The van der Waals surface area contributed by atoms with Crippen LogP contribution in [-0.2, 0) is 4.74 Å². The maximum Gasteiger partial charge on any atom is 0.166 e. The van der Waals surface area contributed by atoms with Crippen molar-refractivity contribution in [2.45, 2.75) is 50.5 Å². The number of rotatable bonds is 7. The van der Waals surface area contributed by atoms with Crippen LogP contribution >= 0.6 is 0 Å². The highest BCUT2D eigenvalue weighted by molar-refractivity contribution is 5.96. The molecular formula is C20H26FNO2. The third-order valence-corrected chi connectivity index (χ3v) is 5.69. The fraction of sp³-hybridized carbons (Fsp3) is 0.650. The molecule has 0 amide bonds. The topological polar surface area (TPSA) is 38.3 Å².